The first-order valence-electron chi connectivity index (χ1n) is 5.41. The van der Waals surface area contributed by atoms with Crippen LogP contribution in [-0.2, 0) is 14.6 Å². The number of nitrogens with two attached hydrogens (primary N) is 1. The molecule has 0 saturated heterocycles. The van der Waals surface area contributed by atoms with E-state index in [9.17, 15) is 13.5 Å². The number of anilines is 1. The van der Waals surface area contributed by atoms with Crippen molar-refractivity contribution in [2.24, 2.45) is 0 Å². The maximum atomic E-state index is 12.3. The van der Waals surface area contributed by atoms with Crippen LogP contribution < -0.4 is 5.73 Å². The Balaban J connectivity index is 2.40. The lowest BCUT2D eigenvalue weighted by Gasteiger charge is -2.33. The summed E-state index contributed by atoms with van der Waals surface area (Å²) in [6.07, 6.45) is 0.763. The molecular formula is C11H14ClNO4S. The van der Waals surface area contributed by atoms with E-state index in [0.717, 1.165) is 0 Å². The standard InChI is InChI=1S/C11H14ClNO4S/c1-17-6-4-7(5-6)18(15,16)11-8(12)2-3-9(13)10(11)14/h2-3,6-7,14H,4-5,13H2,1H3/t6-,7+. The number of rotatable bonds is 3. The van der Waals surface area contributed by atoms with Gasteiger partial charge in [-0.3, -0.25) is 0 Å². The van der Waals surface area contributed by atoms with Gasteiger partial charge in [0.05, 0.1) is 22.1 Å². The maximum Gasteiger partial charge on any atom is 0.186 e. The Bertz CT molecular complexity index is 567. The van der Waals surface area contributed by atoms with Crippen molar-refractivity contribution in [3.05, 3.63) is 17.2 Å². The third-order valence-corrected chi connectivity index (χ3v) is 5.89. The van der Waals surface area contributed by atoms with Crippen molar-refractivity contribution in [1.82, 2.24) is 0 Å². The van der Waals surface area contributed by atoms with Gasteiger partial charge in [-0.1, -0.05) is 11.6 Å². The topological polar surface area (TPSA) is 89.6 Å². The monoisotopic (exact) mass is 291 g/mol. The number of hydrogen-bond acceptors (Lipinski definition) is 5. The number of aromatic hydroxyl groups is 1. The van der Waals surface area contributed by atoms with E-state index in [1.165, 1.54) is 12.1 Å². The SMILES string of the molecule is CO[C@H]1C[C@@H](S(=O)(=O)c2c(Cl)ccc(N)c2O)C1. The molecule has 1 aliphatic rings. The molecule has 0 aromatic heterocycles. The first kappa shape index (κ1) is 13.5. The zero-order chi connectivity index (χ0) is 13.5. The lowest BCUT2D eigenvalue weighted by molar-refractivity contribution is 0.0436. The molecule has 1 aromatic carbocycles. The van der Waals surface area contributed by atoms with Gasteiger partial charge >= 0.3 is 0 Å². The smallest absolute Gasteiger partial charge is 0.186 e. The molecule has 0 radical (unpaired) electrons. The third kappa shape index (κ3) is 2.04. The Morgan fingerprint density at radius 2 is 2.06 bits per heavy atom. The molecule has 100 valence electrons. The van der Waals surface area contributed by atoms with Crippen LogP contribution in [0.1, 0.15) is 12.8 Å². The Morgan fingerprint density at radius 1 is 1.44 bits per heavy atom. The second-order valence-corrected chi connectivity index (χ2v) is 6.88. The molecule has 1 fully saturated rings. The van der Waals surface area contributed by atoms with Gasteiger partial charge in [0.25, 0.3) is 0 Å². The molecule has 5 nitrogen and oxygen atoms in total. The highest BCUT2D eigenvalue weighted by atomic mass is 35.5. The predicted molar refractivity (Wildman–Crippen MR) is 68.5 cm³/mol. The summed E-state index contributed by atoms with van der Waals surface area (Å²) in [7, 11) is -2.13. The zero-order valence-electron chi connectivity index (χ0n) is 9.76. The molecular weight excluding hydrogens is 278 g/mol. The van der Waals surface area contributed by atoms with E-state index in [0.29, 0.717) is 12.8 Å². The molecule has 7 heteroatoms. The van der Waals surface area contributed by atoms with Gasteiger partial charge in [-0.25, -0.2) is 8.42 Å². The Labute approximate surface area is 110 Å². The van der Waals surface area contributed by atoms with E-state index in [1.807, 2.05) is 0 Å². The van der Waals surface area contributed by atoms with Gasteiger partial charge in [0.15, 0.2) is 15.6 Å². The fourth-order valence-electron chi connectivity index (χ4n) is 1.96. The second-order valence-electron chi connectivity index (χ2n) is 4.31. The van der Waals surface area contributed by atoms with Gasteiger partial charge in [-0.15, -0.1) is 0 Å². The minimum Gasteiger partial charge on any atom is -0.504 e. The van der Waals surface area contributed by atoms with E-state index in [1.54, 1.807) is 7.11 Å². The van der Waals surface area contributed by atoms with E-state index in [4.69, 9.17) is 22.1 Å². The van der Waals surface area contributed by atoms with Crippen LogP contribution in [0.25, 0.3) is 0 Å². The highest BCUT2D eigenvalue weighted by molar-refractivity contribution is 7.92. The minimum absolute atomic E-state index is 0.000546. The number of hydrogen-bond donors (Lipinski definition) is 2. The van der Waals surface area contributed by atoms with Crippen molar-refractivity contribution >= 4 is 27.1 Å². The van der Waals surface area contributed by atoms with Gasteiger partial charge in [-0.05, 0) is 25.0 Å². The van der Waals surface area contributed by atoms with Crippen LogP contribution in [0.3, 0.4) is 0 Å². The third-order valence-electron chi connectivity index (χ3n) is 3.22. The molecule has 2 rings (SSSR count). The van der Waals surface area contributed by atoms with E-state index in [2.05, 4.69) is 0 Å². The van der Waals surface area contributed by atoms with E-state index in [-0.39, 0.29) is 21.7 Å². The van der Waals surface area contributed by atoms with Crippen LogP contribution in [0.4, 0.5) is 5.69 Å². The predicted octanol–water partition coefficient (Wildman–Crippen LogP) is 1.58. The number of nitrogen functional groups attached to an aromatic ring is 1. The van der Waals surface area contributed by atoms with Crippen LogP contribution in [-0.4, -0.2) is 32.0 Å². The molecule has 1 saturated carbocycles. The maximum absolute atomic E-state index is 12.3. The summed E-state index contributed by atoms with van der Waals surface area (Å²) in [4.78, 5) is -0.274. The van der Waals surface area contributed by atoms with Gasteiger partial charge in [-0.2, -0.15) is 0 Å². The number of phenolic OH excluding ortho intramolecular Hbond substituents is 1. The summed E-state index contributed by atoms with van der Waals surface area (Å²) >= 11 is 5.86. The van der Waals surface area contributed by atoms with Crippen LogP contribution >= 0.6 is 11.6 Å². The van der Waals surface area contributed by atoms with Crippen LogP contribution in [0.2, 0.25) is 5.02 Å². The van der Waals surface area contributed by atoms with Crippen molar-refractivity contribution in [3.63, 3.8) is 0 Å². The number of benzene rings is 1. The highest BCUT2D eigenvalue weighted by Crippen LogP contribution is 2.41. The molecule has 0 bridgehead atoms. The van der Waals surface area contributed by atoms with Crippen LogP contribution in [0.15, 0.2) is 17.0 Å². The first-order valence-corrected chi connectivity index (χ1v) is 7.34. The molecule has 0 atom stereocenters. The normalized spacial score (nSPS) is 23.7. The van der Waals surface area contributed by atoms with Crippen LogP contribution in [0.5, 0.6) is 5.75 Å². The van der Waals surface area contributed by atoms with E-state index < -0.39 is 20.8 Å². The van der Waals surface area contributed by atoms with Gasteiger partial charge < -0.3 is 15.6 Å². The fraction of sp³-hybridized carbons (Fsp3) is 0.455. The number of phenols is 1. The molecule has 0 amide bonds. The lowest BCUT2D eigenvalue weighted by Crippen LogP contribution is -2.40. The molecule has 18 heavy (non-hydrogen) atoms. The molecule has 0 spiro atoms. The summed E-state index contributed by atoms with van der Waals surface area (Å²) in [5.41, 5.74) is 5.50. The first-order chi connectivity index (χ1) is 8.37. The Hall–Kier alpha value is -0.980. The van der Waals surface area contributed by atoms with Crippen molar-refractivity contribution < 1.29 is 18.3 Å². The summed E-state index contributed by atoms with van der Waals surface area (Å²) in [6.45, 7) is 0. The van der Waals surface area contributed by atoms with E-state index >= 15 is 0 Å². The van der Waals surface area contributed by atoms with Crippen LogP contribution in [0, 0.1) is 0 Å². The highest BCUT2D eigenvalue weighted by Gasteiger charge is 2.42. The van der Waals surface area contributed by atoms with Gasteiger partial charge in [0.2, 0.25) is 0 Å². The summed E-state index contributed by atoms with van der Waals surface area (Å²) in [6, 6.07) is 2.74. The number of ether oxygens (including phenoxy) is 1. The fourth-order valence-corrected chi connectivity index (χ4v) is 4.43. The van der Waals surface area contributed by atoms with Crippen molar-refractivity contribution in [1.29, 1.82) is 0 Å². The summed E-state index contributed by atoms with van der Waals surface area (Å²) in [5, 5.41) is 9.20. The molecule has 0 unspecified atom stereocenters. The second kappa shape index (κ2) is 4.60. The number of sulfone groups is 1. The summed E-state index contributed by atoms with van der Waals surface area (Å²) < 4.78 is 29.7. The van der Waals surface area contributed by atoms with Crippen molar-refractivity contribution in [2.45, 2.75) is 29.1 Å². The van der Waals surface area contributed by atoms with Crippen molar-refractivity contribution in [2.75, 3.05) is 12.8 Å². The molecule has 3 N–H and O–H groups in total. The minimum atomic E-state index is -3.67. The average Bonchev–Trinajstić information content (AvgIpc) is 2.22. The number of halogens is 1. The van der Waals surface area contributed by atoms with Gasteiger partial charge in [0, 0.05) is 7.11 Å². The van der Waals surface area contributed by atoms with Crippen molar-refractivity contribution in [3.8, 4) is 5.75 Å². The largest absolute Gasteiger partial charge is 0.504 e. The molecule has 0 heterocycles. The Kier molecular flexibility index (Phi) is 3.44. The molecule has 1 aliphatic carbocycles. The van der Waals surface area contributed by atoms with Gasteiger partial charge in [0.1, 0.15) is 4.90 Å². The average molecular weight is 292 g/mol. The number of methoxy groups -OCH3 is 1. The quantitative estimate of drug-likeness (QED) is 0.652. The molecule has 0 aliphatic heterocycles. The summed E-state index contributed by atoms with van der Waals surface area (Å²) in [5.74, 6) is -0.469. The zero-order valence-corrected chi connectivity index (χ0v) is 11.3. The Morgan fingerprint density at radius 3 is 2.61 bits per heavy atom. The molecule has 1 aromatic rings. The lowest BCUT2D eigenvalue weighted by atomic mass is 9.95.